The van der Waals surface area contributed by atoms with Crippen LogP contribution in [0.4, 0.5) is 24.7 Å². The molecule has 2 aromatic heterocycles. The number of halogens is 5. The quantitative estimate of drug-likeness (QED) is 0.403. The van der Waals surface area contributed by atoms with Gasteiger partial charge in [-0.05, 0) is 35.6 Å². The molecule has 2 N–H and O–H groups in total. The maximum atomic E-state index is 13.1. The van der Waals surface area contributed by atoms with Gasteiger partial charge in [-0.3, -0.25) is 4.79 Å². The van der Waals surface area contributed by atoms with E-state index in [0.717, 1.165) is 17.3 Å². The van der Waals surface area contributed by atoms with E-state index in [-0.39, 0.29) is 11.2 Å². The lowest BCUT2D eigenvalue weighted by atomic mass is 10.0. The van der Waals surface area contributed by atoms with Crippen molar-refractivity contribution in [2.75, 3.05) is 16.5 Å². The maximum Gasteiger partial charge on any atom is 0.434 e. The van der Waals surface area contributed by atoms with Crippen LogP contribution in [-0.4, -0.2) is 31.3 Å². The fraction of sp³-hybridized carbons (Fsp3) is 0.300. The van der Waals surface area contributed by atoms with Crippen molar-refractivity contribution in [3.05, 3.63) is 52.7 Å². The molecule has 1 amide bonds. The standard InChI is InChI=1S/C20H17Cl2F3N6O/c21-7-16(32)28-14-9-27-19(22)30-17(14)26-8-11-3-4-13-12(6-11)2-1-5-31-10-15(20(23,24)25)29-18(13)31/h3-4,6,9-10H,1-2,5,7-8H2,(H,28,32)(H,26,27,30). The van der Waals surface area contributed by atoms with Crippen molar-refractivity contribution in [2.24, 2.45) is 0 Å². The molecule has 168 valence electrons. The van der Waals surface area contributed by atoms with E-state index in [4.69, 9.17) is 23.2 Å². The van der Waals surface area contributed by atoms with Crippen molar-refractivity contribution in [1.82, 2.24) is 19.5 Å². The molecule has 1 aliphatic rings. The molecule has 3 heterocycles. The number of alkyl halides is 4. The van der Waals surface area contributed by atoms with Crippen molar-refractivity contribution in [1.29, 1.82) is 0 Å². The fourth-order valence-corrected chi connectivity index (χ4v) is 3.72. The summed E-state index contributed by atoms with van der Waals surface area (Å²) in [6.45, 7) is 0.802. The SMILES string of the molecule is O=C(CCl)Nc1cnc(Cl)nc1NCc1ccc2c(c1)CCCn1cc(C(F)(F)F)nc1-2. The average Bonchev–Trinajstić information content (AvgIpc) is 3.11. The predicted molar refractivity (Wildman–Crippen MR) is 115 cm³/mol. The number of aryl methyl sites for hydroxylation is 2. The molecule has 3 aromatic rings. The number of carbonyl (C=O) groups excluding carboxylic acids is 1. The summed E-state index contributed by atoms with van der Waals surface area (Å²) >= 11 is 11.4. The van der Waals surface area contributed by atoms with Crippen LogP contribution in [0.5, 0.6) is 0 Å². The zero-order valence-corrected chi connectivity index (χ0v) is 18.0. The number of aromatic nitrogens is 4. The fourth-order valence-electron chi connectivity index (χ4n) is 3.52. The molecule has 0 saturated heterocycles. The Morgan fingerprint density at radius 2 is 2.06 bits per heavy atom. The third-order valence-electron chi connectivity index (χ3n) is 4.94. The summed E-state index contributed by atoms with van der Waals surface area (Å²) in [4.78, 5) is 23.4. The Hall–Kier alpha value is -2.85. The van der Waals surface area contributed by atoms with Gasteiger partial charge in [0.05, 0.1) is 6.20 Å². The van der Waals surface area contributed by atoms with E-state index in [9.17, 15) is 18.0 Å². The molecule has 1 aliphatic heterocycles. The van der Waals surface area contributed by atoms with Gasteiger partial charge in [0, 0.05) is 24.8 Å². The van der Waals surface area contributed by atoms with E-state index in [0.29, 0.717) is 48.8 Å². The zero-order valence-electron chi connectivity index (χ0n) is 16.5. The summed E-state index contributed by atoms with van der Waals surface area (Å²) in [6.07, 6.45) is -0.643. The van der Waals surface area contributed by atoms with E-state index in [2.05, 4.69) is 25.6 Å². The second-order valence-corrected chi connectivity index (χ2v) is 7.78. The van der Waals surface area contributed by atoms with Crippen molar-refractivity contribution in [3.63, 3.8) is 0 Å². The molecule has 7 nitrogen and oxygen atoms in total. The van der Waals surface area contributed by atoms with E-state index < -0.39 is 17.8 Å². The first-order chi connectivity index (χ1) is 15.2. The maximum absolute atomic E-state index is 13.1. The number of fused-ring (bicyclic) bond motifs is 3. The Bertz CT molecular complexity index is 1160. The van der Waals surface area contributed by atoms with Crippen molar-refractivity contribution >= 4 is 40.6 Å². The summed E-state index contributed by atoms with van der Waals surface area (Å²) in [5.74, 6) is -0.000213. The molecule has 0 unspecified atom stereocenters. The van der Waals surface area contributed by atoms with Gasteiger partial charge in [0.2, 0.25) is 11.2 Å². The number of benzene rings is 1. The first kappa shape index (κ1) is 22.3. The van der Waals surface area contributed by atoms with Crippen LogP contribution in [0, 0.1) is 0 Å². The topological polar surface area (TPSA) is 84.7 Å². The van der Waals surface area contributed by atoms with E-state index in [1.165, 1.54) is 6.20 Å². The van der Waals surface area contributed by atoms with Gasteiger partial charge in [-0.2, -0.15) is 18.2 Å². The van der Waals surface area contributed by atoms with Crippen molar-refractivity contribution in [3.8, 4) is 11.4 Å². The van der Waals surface area contributed by atoms with Gasteiger partial charge in [0.15, 0.2) is 11.5 Å². The lowest BCUT2D eigenvalue weighted by molar-refractivity contribution is -0.140. The second-order valence-electron chi connectivity index (χ2n) is 7.17. The molecular formula is C20H17Cl2F3N6O. The highest BCUT2D eigenvalue weighted by Gasteiger charge is 2.35. The first-order valence-corrected chi connectivity index (χ1v) is 10.5. The van der Waals surface area contributed by atoms with Gasteiger partial charge < -0.3 is 15.2 Å². The molecule has 0 saturated carbocycles. The van der Waals surface area contributed by atoms with Gasteiger partial charge in [-0.1, -0.05) is 18.2 Å². The molecule has 0 spiro atoms. The number of hydrogen-bond acceptors (Lipinski definition) is 5. The van der Waals surface area contributed by atoms with Crippen LogP contribution in [0.15, 0.2) is 30.6 Å². The number of nitrogens with one attached hydrogen (secondary N) is 2. The average molecular weight is 485 g/mol. The lowest BCUT2D eigenvalue weighted by Gasteiger charge is -2.13. The summed E-state index contributed by atoms with van der Waals surface area (Å²) < 4.78 is 40.9. The van der Waals surface area contributed by atoms with Crippen LogP contribution in [0.1, 0.15) is 23.2 Å². The molecule has 32 heavy (non-hydrogen) atoms. The first-order valence-electron chi connectivity index (χ1n) is 9.63. The molecule has 0 aliphatic carbocycles. The van der Waals surface area contributed by atoms with Crippen LogP contribution in [0.3, 0.4) is 0 Å². The monoisotopic (exact) mass is 484 g/mol. The molecule has 0 radical (unpaired) electrons. The number of amides is 1. The van der Waals surface area contributed by atoms with Crippen LogP contribution in [-0.2, 0) is 30.5 Å². The highest BCUT2D eigenvalue weighted by molar-refractivity contribution is 6.29. The Labute approximate surface area is 191 Å². The van der Waals surface area contributed by atoms with E-state index >= 15 is 0 Å². The molecule has 0 atom stereocenters. The van der Waals surface area contributed by atoms with Gasteiger partial charge in [0.25, 0.3) is 0 Å². The number of rotatable bonds is 5. The van der Waals surface area contributed by atoms with Crippen LogP contribution in [0.2, 0.25) is 5.28 Å². The minimum Gasteiger partial charge on any atom is -0.364 e. The summed E-state index contributed by atoms with van der Waals surface area (Å²) in [5, 5.41) is 5.70. The van der Waals surface area contributed by atoms with Crippen molar-refractivity contribution < 1.29 is 18.0 Å². The summed E-state index contributed by atoms with van der Waals surface area (Å²) in [5.41, 5.74) is 1.92. The molecule has 4 rings (SSSR count). The van der Waals surface area contributed by atoms with Crippen LogP contribution >= 0.6 is 23.2 Å². The van der Waals surface area contributed by atoms with Crippen LogP contribution < -0.4 is 10.6 Å². The third kappa shape index (κ3) is 4.81. The Morgan fingerprint density at radius 3 is 2.81 bits per heavy atom. The van der Waals surface area contributed by atoms with E-state index in [1.54, 1.807) is 10.6 Å². The number of hydrogen-bond donors (Lipinski definition) is 2. The predicted octanol–water partition coefficient (Wildman–Crippen LogP) is 4.75. The number of nitrogens with zero attached hydrogens (tertiary/aromatic N) is 4. The highest BCUT2D eigenvalue weighted by Crippen LogP contribution is 2.34. The van der Waals surface area contributed by atoms with Gasteiger partial charge in [-0.15, -0.1) is 11.6 Å². The highest BCUT2D eigenvalue weighted by atomic mass is 35.5. The van der Waals surface area contributed by atoms with Gasteiger partial charge in [-0.25, -0.2) is 9.97 Å². The minimum absolute atomic E-state index is 0.00519. The Kier molecular flexibility index (Phi) is 6.25. The molecular weight excluding hydrogens is 468 g/mol. The summed E-state index contributed by atoms with van der Waals surface area (Å²) in [6, 6.07) is 5.52. The number of imidazole rings is 1. The Morgan fingerprint density at radius 1 is 1.25 bits per heavy atom. The number of anilines is 2. The second kappa shape index (κ2) is 8.95. The van der Waals surface area contributed by atoms with E-state index in [1.807, 2.05) is 12.1 Å². The summed E-state index contributed by atoms with van der Waals surface area (Å²) in [7, 11) is 0. The Balaban J connectivity index is 1.57. The van der Waals surface area contributed by atoms with Gasteiger partial charge in [0.1, 0.15) is 17.4 Å². The zero-order chi connectivity index (χ0) is 22.9. The third-order valence-corrected chi connectivity index (χ3v) is 5.36. The largest absolute Gasteiger partial charge is 0.434 e. The van der Waals surface area contributed by atoms with Crippen molar-refractivity contribution in [2.45, 2.75) is 32.1 Å². The lowest BCUT2D eigenvalue weighted by Crippen LogP contribution is -2.15. The number of carbonyl (C=O) groups is 1. The molecule has 12 heteroatoms. The van der Waals surface area contributed by atoms with Gasteiger partial charge >= 0.3 is 6.18 Å². The van der Waals surface area contributed by atoms with Crippen LogP contribution in [0.25, 0.3) is 11.4 Å². The molecule has 0 fully saturated rings. The smallest absolute Gasteiger partial charge is 0.364 e. The normalized spacial score (nSPS) is 13.2. The minimum atomic E-state index is -4.49. The molecule has 1 aromatic carbocycles. The molecule has 0 bridgehead atoms.